The van der Waals surface area contributed by atoms with Crippen LogP contribution in [0.25, 0.3) is 28.5 Å². The molecule has 0 unspecified atom stereocenters. The number of methoxy groups -OCH3 is 1. The average Bonchev–Trinajstić information content (AvgIpc) is 3.30. The molecule has 0 spiro atoms. The summed E-state index contributed by atoms with van der Waals surface area (Å²) in [6.45, 7) is 2.85. The normalized spacial score (nSPS) is 12.9. The highest BCUT2D eigenvalue weighted by molar-refractivity contribution is 5.67. The van der Waals surface area contributed by atoms with Crippen LogP contribution in [0.1, 0.15) is 17.7 Å². The molecule has 2 aromatic carbocycles. The fourth-order valence-electron chi connectivity index (χ4n) is 3.78. The molecule has 0 N–H and O–H groups in total. The first kappa shape index (κ1) is 16.7. The lowest BCUT2D eigenvalue weighted by Gasteiger charge is -2.10. The van der Waals surface area contributed by atoms with Crippen LogP contribution in [0.5, 0.6) is 5.75 Å². The first-order valence-electron chi connectivity index (χ1n) is 9.45. The largest absolute Gasteiger partial charge is 0.495 e. The van der Waals surface area contributed by atoms with Gasteiger partial charge in [0.1, 0.15) is 5.75 Å². The van der Waals surface area contributed by atoms with Gasteiger partial charge in [0.15, 0.2) is 11.6 Å². The summed E-state index contributed by atoms with van der Waals surface area (Å²) in [5.41, 5.74) is 5.36. The van der Waals surface area contributed by atoms with Crippen LogP contribution in [0.15, 0.2) is 55.0 Å². The van der Waals surface area contributed by atoms with E-state index >= 15 is 0 Å². The molecule has 5 rings (SSSR count). The van der Waals surface area contributed by atoms with Crippen molar-refractivity contribution >= 4 is 0 Å². The molecule has 0 bridgehead atoms. The van der Waals surface area contributed by atoms with Gasteiger partial charge >= 0.3 is 0 Å². The summed E-state index contributed by atoms with van der Waals surface area (Å²) in [5, 5.41) is 4.79. The Kier molecular flexibility index (Phi) is 3.97. The molecule has 28 heavy (non-hydrogen) atoms. The monoisotopic (exact) mass is 371 g/mol. The van der Waals surface area contributed by atoms with Gasteiger partial charge in [-0.2, -0.15) is 5.10 Å². The number of ether oxygens (including phenoxy) is 1. The number of nitrogens with zero attached hydrogens (tertiary/aromatic N) is 5. The number of aryl methyl sites for hydroxylation is 3. The van der Waals surface area contributed by atoms with Gasteiger partial charge in [-0.1, -0.05) is 24.3 Å². The summed E-state index contributed by atoms with van der Waals surface area (Å²) >= 11 is 0. The fraction of sp³-hybridized carbons (Fsp3) is 0.227. The van der Waals surface area contributed by atoms with E-state index in [9.17, 15) is 0 Å². The van der Waals surface area contributed by atoms with Crippen LogP contribution >= 0.6 is 0 Å². The molecule has 0 amide bonds. The van der Waals surface area contributed by atoms with Gasteiger partial charge in [-0.05, 0) is 43.5 Å². The van der Waals surface area contributed by atoms with Gasteiger partial charge in [0, 0.05) is 23.9 Å². The van der Waals surface area contributed by atoms with Gasteiger partial charge in [0.25, 0.3) is 0 Å². The first-order valence-corrected chi connectivity index (χ1v) is 9.45. The van der Waals surface area contributed by atoms with Gasteiger partial charge in [0.05, 0.1) is 24.8 Å². The van der Waals surface area contributed by atoms with E-state index in [1.54, 1.807) is 13.4 Å². The minimum atomic E-state index is 0.721. The summed E-state index contributed by atoms with van der Waals surface area (Å²) in [5.74, 6) is 2.43. The quantitative estimate of drug-likeness (QED) is 0.545. The Hall–Kier alpha value is -3.41. The lowest BCUT2D eigenvalue weighted by atomic mass is 10.0. The Morgan fingerprint density at radius 3 is 2.82 bits per heavy atom. The van der Waals surface area contributed by atoms with E-state index in [1.807, 2.05) is 40.6 Å². The second-order valence-corrected chi connectivity index (χ2v) is 7.05. The third-order valence-corrected chi connectivity index (χ3v) is 5.17. The SMILES string of the molecule is COc1cc(-c2nc3n(n2)CCCc2ccccc2-3)ccc1-n1cnc(C)c1. The molecule has 0 aliphatic carbocycles. The standard InChI is InChI=1S/C22H21N5O/c1-15-13-26(14-23-15)19-10-9-17(12-20(19)28-2)21-24-22-18-8-4-3-6-16(18)7-5-11-27(22)25-21/h3-4,6,8-10,12-14H,5,7,11H2,1-2H3. The Labute approximate surface area is 163 Å². The highest BCUT2D eigenvalue weighted by Gasteiger charge is 2.19. The maximum Gasteiger partial charge on any atom is 0.181 e. The molecular weight excluding hydrogens is 350 g/mol. The number of benzene rings is 2. The third kappa shape index (κ3) is 2.78. The molecule has 0 fully saturated rings. The van der Waals surface area contributed by atoms with Crippen LogP contribution in [-0.2, 0) is 13.0 Å². The van der Waals surface area contributed by atoms with E-state index < -0.39 is 0 Å². The lowest BCUT2D eigenvalue weighted by molar-refractivity contribution is 0.413. The van der Waals surface area contributed by atoms with Crippen molar-refractivity contribution in [3.63, 3.8) is 0 Å². The number of fused-ring (bicyclic) bond motifs is 3. The van der Waals surface area contributed by atoms with Crippen LogP contribution in [0.2, 0.25) is 0 Å². The predicted molar refractivity (Wildman–Crippen MR) is 108 cm³/mol. The van der Waals surface area contributed by atoms with Gasteiger partial charge in [-0.3, -0.25) is 0 Å². The maximum atomic E-state index is 5.64. The van der Waals surface area contributed by atoms with E-state index in [2.05, 4.69) is 29.2 Å². The van der Waals surface area contributed by atoms with Gasteiger partial charge in [0.2, 0.25) is 0 Å². The molecule has 0 radical (unpaired) electrons. The molecule has 0 atom stereocenters. The number of hydrogen-bond acceptors (Lipinski definition) is 4. The zero-order chi connectivity index (χ0) is 19.1. The minimum Gasteiger partial charge on any atom is -0.495 e. The Bertz CT molecular complexity index is 1160. The van der Waals surface area contributed by atoms with Crippen LogP contribution < -0.4 is 4.74 Å². The fourth-order valence-corrected chi connectivity index (χ4v) is 3.78. The number of hydrogen-bond donors (Lipinski definition) is 0. The minimum absolute atomic E-state index is 0.721. The van der Waals surface area contributed by atoms with Gasteiger partial charge in [-0.25, -0.2) is 14.6 Å². The van der Waals surface area contributed by atoms with E-state index in [4.69, 9.17) is 14.8 Å². The van der Waals surface area contributed by atoms with E-state index in [0.29, 0.717) is 0 Å². The number of rotatable bonds is 3. The van der Waals surface area contributed by atoms with Crippen molar-refractivity contribution in [2.75, 3.05) is 7.11 Å². The molecule has 1 aliphatic heterocycles. The van der Waals surface area contributed by atoms with Crippen molar-refractivity contribution < 1.29 is 4.74 Å². The third-order valence-electron chi connectivity index (χ3n) is 5.17. The van der Waals surface area contributed by atoms with E-state index in [1.165, 1.54) is 11.1 Å². The molecule has 6 nitrogen and oxygen atoms in total. The Morgan fingerprint density at radius 1 is 1.11 bits per heavy atom. The summed E-state index contributed by atoms with van der Waals surface area (Å²) < 4.78 is 9.63. The summed E-state index contributed by atoms with van der Waals surface area (Å²) in [4.78, 5) is 9.18. The highest BCUT2D eigenvalue weighted by Crippen LogP contribution is 2.32. The first-order chi connectivity index (χ1) is 13.7. The molecule has 6 heteroatoms. The van der Waals surface area contributed by atoms with Crippen molar-refractivity contribution in [3.05, 3.63) is 66.2 Å². The Morgan fingerprint density at radius 2 is 2.00 bits per heavy atom. The van der Waals surface area contributed by atoms with Crippen LogP contribution in [0, 0.1) is 6.92 Å². The second-order valence-electron chi connectivity index (χ2n) is 7.05. The van der Waals surface area contributed by atoms with Crippen molar-refractivity contribution in [1.82, 2.24) is 24.3 Å². The zero-order valence-corrected chi connectivity index (χ0v) is 16.0. The summed E-state index contributed by atoms with van der Waals surface area (Å²) in [6.07, 6.45) is 5.89. The van der Waals surface area contributed by atoms with Crippen LogP contribution in [-0.4, -0.2) is 31.4 Å². The van der Waals surface area contributed by atoms with Gasteiger partial charge in [-0.15, -0.1) is 0 Å². The number of imidazole rings is 1. The van der Waals surface area contributed by atoms with Crippen molar-refractivity contribution in [1.29, 1.82) is 0 Å². The van der Waals surface area contributed by atoms with Crippen LogP contribution in [0.4, 0.5) is 0 Å². The highest BCUT2D eigenvalue weighted by atomic mass is 16.5. The molecule has 2 aromatic heterocycles. The molecule has 3 heterocycles. The van der Waals surface area contributed by atoms with Gasteiger partial charge < -0.3 is 9.30 Å². The summed E-state index contributed by atoms with van der Waals surface area (Å²) in [7, 11) is 1.68. The predicted octanol–water partition coefficient (Wildman–Crippen LogP) is 4.06. The molecule has 140 valence electrons. The molecule has 4 aromatic rings. The van der Waals surface area contributed by atoms with Crippen molar-refractivity contribution in [2.45, 2.75) is 26.3 Å². The molecule has 0 saturated carbocycles. The number of aromatic nitrogens is 5. The molecule has 1 aliphatic rings. The van der Waals surface area contributed by atoms with E-state index in [-0.39, 0.29) is 0 Å². The maximum absolute atomic E-state index is 5.64. The smallest absolute Gasteiger partial charge is 0.181 e. The average molecular weight is 371 g/mol. The molecular formula is C22H21N5O. The topological polar surface area (TPSA) is 57.8 Å². The van der Waals surface area contributed by atoms with Crippen molar-refractivity contribution in [3.8, 4) is 34.2 Å². The van der Waals surface area contributed by atoms with E-state index in [0.717, 1.165) is 53.7 Å². The Balaban J connectivity index is 1.58. The summed E-state index contributed by atoms with van der Waals surface area (Å²) in [6, 6.07) is 14.5. The van der Waals surface area contributed by atoms with Crippen molar-refractivity contribution in [2.24, 2.45) is 0 Å². The zero-order valence-electron chi connectivity index (χ0n) is 16.0. The lowest BCUT2D eigenvalue weighted by Crippen LogP contribution is -2.00. The molecule has 0 saturated heterocycles. The van der Waals surface area contributed by atoms with Crippen LogP contribution in [0.3, 0.4) is 0 Å². The second kappa shape index (κ2) is 6.64.